The Morgan fingerprint density at radius 3 is 1.25 bits per heavy atom. The van der Waals surface area contributed by atoms with Crippen molar-refractivity contribution in [3.63, 3.8) is 0 Å². The van der Waals surface area contributed by atoms with Crippen LogP contribution in [0.5, 0.6) is 0 Å². The van der Waals surface area contributed by atoms with E-state index in [1.165, 1.54) is 11.1 Å². The van der Waals surface area contributed by atoms with Crippen molar-refractivity contribution in [1.82, 2.24) is 0 Å². The minimum atomic E-state index is 1.37. The molecule has 0 aliphatic carbocycles. The summed E-state index contributed by atoms with van der Waals surface area (Å²) >= 11 is 0. The van der Waals surface area contributed by atoms with Gasteiger partial charge in [0.2, 0.25) is 0 Å². The Kier molecular flexibility index (Phi) is 11.2. The van der Waals surface area contributed by atoms with E-state index >= 15 is 0 Å². The fraction of sp³-hybridized carbons (Fsp3) is 0.333. The molecule has 1 rings (SSSR count). The highest BCUT2D eigenvalue weighted by atomic mass is 13.9. The van der Waals surface area contributed by atoms with Crippen molar-refractivity contribution in [3.8, 4) is 0 Å². The van der Waals surface area contributed by atoms with Crippen molar-refractivity contribution in [2.75, 3.05) is 0 Å². The van der Waals surface area contributed by atoms with Gasteiger partial charge in [0.1, 0.15) is 0 Å². The quantitative estimate of drug-likeness (QED) is 0.506. The molecular formula is C12H20. The minimum Gasteiger partial charge on any atom is -0.106 e. The molecule has 0 aliphatic rings. The Hall–Kier alpha value is -1.04. The summed E-state index contributed by atoms with van der Waals surface area (Å²) in [6.45, 7) is 14.2. The average Bonchev–Trinajstić information content (AvgIpc) is 2.17. The molecule has 0 bridgehead atoms. The van der Waals surface area contributed by atoms with Crippen LogP contribution >= 0.6 is 0 Å². The molecule has 0 aliphatic heterocycles. The van der Waals surface area contributed by atoms with Crippen LogP contribution in [0.3, 0.4) is 0 Å². The van der Waals surface area contributed by atoms with Crippen LogP contribution in [0.4, 0.5) is 0 Å². The SMILES string of the molecule is C=C.CC.Cc1ccccc1C. The van der Waals surface area contributed by atoms with Crippen LogP contribution < -0.4 is 0 Å². The van der Waals surface area contributed by atoms with Gasteiger partial charge in [-0.2, -0.15) is 0 Å². The van der Waals surface area contributed by atoms with E-state index in [0.717, 1.165) is 0 Å². The summed E-state index contributed by atoms with van der Waals surface area (Å²) in [5.74, 6) is 0. The first-order chi connectivity index (χ1) is 5.80. The molecule has 0 nitrogen and oxygen atoms in total. The fourth-order valence-corrected chi connectivity index (χ4v) is 0.663. The maximum absolute atomic E-state index is 3.00. The molecule has 0 saturated carbocycles. The van der Waals surface area contributed by atoms with Crippen LogP contribution in [0, 0.1) is 13.8 Å². The second-order valence-corrected chi connectivity index (χ2v) is 2.08. The zero-order valence-corrected chi connectivity index (χ0v) is 8.72. The molecule has 0 N–H and O–H groups in total. The van der Waals surface area contributed by atoms with Crippen LogP contribution in [0.15, 0.2) is 37.4 Å². The topological polar surface area (TPSA) is 0 Å². The van der Waals surface area contributed by atoms with E-state index in [9.17, 15) is 0 Å². The van der Waals surface area contributed by atoms with Gasteiger partial charge >= 0.3 is 0 Å². The predicted molar refractivity (Wildman–Crippen MR) is 58.5 cm³/mol. The zero-order chi connectivity index (χ0) is 9.98. The van der Waals surface area contributed by atoms with Crippen molar-refractivity contribution < 1.29 is 0 Å². The third kappa shape index (κ3) is 5.72. The lowest BCUT2D eigenvalue weighted by Gasteiger charge is -1.93. The normalized spacial score (nSPS) is 7.00. The smallest absolute Gasteiger partial charge is 0.0395 e. The first kappa shape index (κ1) is 13.5. The van der Waals surface area contributed by atoms with Crippen molar-refractivity contribution in [2.24, 2.45) is 0 Å². The molecule has 0 atom stereocenters. The minimum absolute atomic E-state index is 1.37. The lowest BCUT2D eigenvalue weighted by molar-refractivity contribution is 1.34. The average molecular weight is 164 g/mol. The Morgan fingerprint density at radius 1 is 0.833 bits per heavy atom. The summed E-state index contributed by atoms with van der Waals surface area (Å²) in [6.07, 6.45) is 0. The molecule has 0 spiro atoms. The van der Waals surface area contributed by atoms with Gasteiger partial charge in [-0.25, -0.2) is 0 Å². The molecule has 0 saturated heterocycles. The van der Waals surface area contributed by atoms with Gasteiger partial charge in [0.05, 0.1) is 0 Å². The van der Waals surface area contributed by atoms with E-state index < -0.39 is 0 Å². The molecular weight excluding hydrogens is 144 g/mol. The standard InChI is InChI=1S/C8H10.C2H6.C2H4/c1-7-5-3-4-6-8(7)2;2*1-2/h3-6H,1-2H3;1-2H3;1-2H2. The highest BCUT2D eigenvalue weighted by Crippen LogP contribution is 2.02. The lowest BCUT2D eigenvalue weighted by Crippen LogP contribution is -1.74. The number of hydrogen-bond acceptors (Lipinski definition) is 0. The summed E-state index contributed by atoms with van der Waals surface area (Å²) in [5.41, 5.74) is 2.74. The van der Waals surface area contributed by atoms with Crippen molar-refractivity contribution in [1.29, 1.82) is 0 Å². The second-order valence-electron chi connectivity index (χ2n) is 2.08. The van der Waals surface area contributed by atoms with Gasteiger partial charge < -0.3 is 0 Å². The van der Waals surface area contributed by atoms with Crippen molar-refractivity contribution in [3.05, 3.63) is 48.6 Å². The maximum atomic E-state index is 3.00. The molecule has 12 heavy (non-hydrogen) atoms. The molecule has 1 aromatic carbocycles. The van der Waals surface area contributed by atoms with Gasteiger partial charge in [0.15, 0.2) is 0 Å². The first-order valence-electron chi connectivity index (χ1n) is 4.33. The zero-order valence-electron chi connectivity index (χ0n) is 8.72. The lowest BCUT2D eigenvalue weighted by atomic mass is 10.1. The Bertz CT molecular complexity index is 168. The summed E-state index contributed by atoms with van der Waals surface area (Å²) in [5, 5.41) is 0. The molecule has 1 aromatic rings. The van der Waals surface area contributed by atoms with E-state index in [1.807, 2.05) is 13.8 Å². The Morgan fingerprint density at radius 2 is 1.08 bits per heavy atom. The molecule has 0 unspecified atom stereocenters. The molecule has 0 heterocycles. The second kappa shape index (κ2) is 9.96. The molecule has 0 fully saturated rings. The van der Waals surface area contributed by atoms with Gasteiger partial charge in [-0.15, -0.1) is 13.2 Å². The number of benzene rings is 1. The van der Waals surface area contributed by atoms with Gasteiger partial charge in [-0.1, -0.05) is 38.1 Å². The summed E-state index contributed by atoms with van der Waals surface area (Å²) < 4.78 is 0. The Labute approximate surface area is 76.9 Å². The highest BCUT2D eigenvalue weighted by molar-refractivity contribution is 5.23. The van der Waals surface area contributed by atoms with Gasteiger partial charge in [-0.05, 0) is 25.0 Å². The fourth-order valence-electron chi connectivity index (χ4n) is 0.663. The summed E-state index contributed by atoms with van der Waals surface area (Å²) in [4.78, 5) is 0. The van der Waals surface area contributed by atoms with Crippen molar-refractivity contribution >= 4 is 0 Å². The molecule has 0 heteroatoms. The van der Waals surface area contributed by atoms with Gasteiger partial charge in [0, 0.05) is 0 Å². The van der Waals surface area contributed by atoms with Crippen LogP contribution in [-0.4, -0.2) is 0 Å². The van der Waals surface area contributed by atoms with Crippen LogP contribution in [-0.2, 0) is 0 Å². The Balaban J connectivity index is 0. The third-order valence-electron chi connectivity index (χ3n) is 1.43. The number of rotatable bonds is 0. The van der Waals surface area contributed by atoms with Gasteiger partial charge in [0.25, 0.3) is 0 Å². The number of hydrogen-bond donors (Lipinski definition) is 0. The van der Waals surface area contributed by atoms with E-state index in [4.69, 9.17) is 0 Å². The monoisotopic (exact) mass is 164 g/mol. The highest BCUT2D eigenvalue weighted by Gasteiger charge is 1.83. The van der Waals surface area contributed by atoms with E-state index in [1.54, 1.807) is 0 Å². The van der Waals surface area contributed by atoms with E-state index in [2.05, 4.69) is 51.3 Å². The summed E-state index contributed by atoms with van der Waals surface area (Å²) in [6, 6.07) is 8.36. The van der Waals surface area contributed by atoms with Crippen LogP contribution in [0.1, 0.15) is 25.0 Å². The maximum Gasteiger partial charge on any atom is -0.0395 e. The molecule has 0 amide bonds. The molecule has 0 radical (unpaired) electrons. The van der Waals surface area contributed by atoms with E-state index in [0.29, 0.717) is 0 Å². The third-order valence-corrected chi connectivity index (χ3v) is 1.43. The van der Waals surface area contributed by atoms with Gasteiger partial charge in [-0.3, -0.25) is 0 Å². The van der Waals surface area contributed by atoms with Crippen molar-refractivity contribution in [2.45, 2.75) is 27.7 Å². The summed E-state index contributed by atoms with van der Waals surface area (Å²) in [7, 11) is 0. The molecule has 0 aromatic heterocycles. The van der Waals surface area contributed by atoms with Crippen LogP contribution in [0.25, 0.3) is 0 Å². The molecule has 68 valence electrons. The van der Waals surface area contributed by atoms with Crippen LogP contribution in [0.2, 0.25) is 0 Å². The van der Waals surface area contributed by atoms with E-state index in [-0.39, 0.29) is 0 Å². The first-order valence-corrected chi connectivity index (χ1v) is 4.33. The largest absolute Gasteiger partial charge is 0.106 e. The predicted octanol–water partition coefficient (Wildman–Crippen LogP) is 4.13. The number of aryl methyl sites for hydroxylation is 2.